The van der Waals surface area contributed by atoms with Gasteiger partial charge in [-0.25, -0.2) is 4.79 Å². The highest BCUT2D eigenvalue weighted by Gasteiger charge is 2.19. The summed E-state index contributed by atoms with van der Waals surface area (Å²) in [5.74, 6) is -0.0703. The van der Waals surface area contributed by atoms with Crippen LogP contribution < -0.4 is 15.8 Å². The number of rotatable bonds is 8. The van der Waals surface area contributed by atoms with Gasteiger partial charge in [-0.05, 0) is 56.0 Å². The Morgan fingerprint density at radius 3 is 2.55 bits per heavy atom. The fourth-order valence-corrected chi connectivity index (χ4v) is 3.73. The molecular weight excluding hydrogens is 392 g/mol. The highest BCUT2D eigenvalue weighted by atomic mass is 16.5. The van der Waals surface area contributed by atoms with Crippen LogP contribution in [0.5, 0.6) is 0 Å². The Bertz CT molecular complexity index is 1150. The van der Waals surface area contributed by atoms with Crippen molar-refractivity contribution in [1.82, 2.24) is 0 Å². The fraction of sp³-hybridized carbons (Fsp3) is 0.360. The molecule has 0 saturated carbocycles. The minimum absolute atomic E-state index is 0.0703. The van der Waals surface area contributed by atoms with Gasteiger partial charge in [-0.3, -0.25) is 4.79 Å². The number of methoxy groups -OCH3 is 1. The van der Waals surface area contributed by atoms with E-state index < -0.39 is 0 Å². The second-order valence-corrected chi connectivity index (χ2v) is 8.12. The predicted molar refractivity (Wildman–Crippen MR) is 123 cm³/mol. The van der Waals surface area contributed by atoms with Gasteiger partial charge < -0.3 is 19.4 Å². The fourth-order valence-electron chi connectivity index (χ4n) is 3.73. The van der Waals surface area contributed by atoms with Crippen LogP contribution >= 0.6 is 0 Å². The quantitative estimate of drug-likeness (QED) is 0.547. The molecule has 164 valence electrons. The first-order valence-electron chi connectivity index (χ1n) is 10.5. The molecule has 31 heavy (non-hydrogen) atoms. The van der Waals surface area contributed by atoms with E-state index in [1.54, 1.807) is 7.11 Å². The van der Waals surface area contributed by atoms with Crippen molar-refractivity contribution < 1.29 is 18.8 Å². The van der Waals surface area contributed by atoms with Gasteiger partial charge in [0.25, 0.3) is 5.91 Å². The van der Waals surface area contributed by atoms with E-state index in [4.69, 9.17) is 9.15 Å². The summed E-state index contributed by atoms with van der Waals surface area (Å²) in [6, 6.07) is 11.4. The SMILES string of the molecule is COCC[NH+](CC(=O)Nc1cccc(C)c1C)Cc1cc(=O)oc2c(C)c(C)ccc12. The van der Waals surface area contributed by atoms with Gasteiger partial charge in [0.2, 0.25) is 0 Å². The van der Waals surface area contributed by atoms with E-state index in [0.29, 0.717) is 25.3 Å². The monoisotopic (exact) mass is 423 g/mol. The van der Waals surface area contributed by atoms with E-state index in [1.807, 2.05) is 58.0 Å². The number of hydrogen-bond acceptors (Lipinski definition) is 4. The van der Waals surface area contributed by atoms with Crippen molar-refractivity contribution >= 4 is 22.6 Å². The normalized spacial score (nSPS) is 12.2. The number of anilines is 1. The molecule has 0 fully saturated rings. The highest BCUT2D eigenvalue weighted by molar-refractivity contribution is 5.92. The molecule has 0 saturated heterocycles. The molecule has 1 heterocycles. The van der Waals surface area contributed by atoms with Crippen LogP contribution in [0.25, 0.3) is 11.0 Å². The van der Waals surface area contributed by atoms with Crippen LogP contribution in [0.4, 0.5) is 5.69 Å². The first-order valence-corrected chi connectivity index (χ1v) is 10.5. The van der Waals surface area contributed by atoms with Crippen LogP contribution in [0.15, 0.2) is 45.6 Å². The van der Waals surface area contributed by atoms with Crippen molar-refractivity contribution in [2.24, 2.45) is 0 Å². The molecule has 0 aliphatic heterocycles. The molecule has 2 aromatic carbocycles. The topological polar surface area (TPSA) is 73.0 Å². The van der Waals surface area contributed by atoms with Crippen molar-refractivity contribution in [3.8, 4) is 0 Å². The number of carbonyl (C=O) groups is 1. The van der Waals surface area contributed by atoms with Gasteiger partial charge in [0.05, 0.1) is 6.61 Å². The molecule has 1 amide bonds. The number of benzene rings is 2. The molecular formula is C25H31N2O4+. The summed E-state index contributed by atoms with van der Waals surface area (Å²) < 4.78 is 10.8. The van der Waals surface area contributed by atoms with Gasteiger partial charge in [-0.15, -0.1) is 0 Å². The van der Waals surface area contributed by atoms with Crippen LogP contribution in [-0.4, -0.2) is 32.7 Å². The molecule has 3 aromatic rings. The minimum atomic E-state index is -0.373. The minimum Gasteiger partial charge on any atom is -0.422 e. The largest absolute Gasteiger partial charge is 0.422 e. The van der Waals surface area contributed by atoms with E-state index in [2.05, 4.69) is 5.32 Å². The molecule has 0 aliphatic carbocycles. The Morgan fingerprint density at radius 2 is 1.81 bits per heavy atom. The number of hydrogen-bond donors (Lipinski definition) is 2. The lowest BCUT2D eigenvalue weighted by molar-refractivity contribution is -0.906. The summed E-state index contributed by atoms with van der Waals surface area (Å²) >= 11 is 0. The molecule has 6 nitrogen and oxygen atoms in total. The summed E-state index contributed by atoms with van der Waals surface area (Å²) in [5, 5.41) is 3.94. The third-order valence-electron chi connectivity index (χ3n) is 5.91. The molecule has 1 aromatic heterocycles. The zero-order valence-electron chi connectivity index (χ0n) is 18.9. The van der Waals surface area contributed by atoms with E-state index in [-0.39, 0.29) is 18.1 Å². The van der Waals surface area contributed by atoms with E-state index in [9.17, 15) is 9.59 Å². The van der Waals surface area contributed by atoms with E-state index >= 15 is 0 Å². The molecule has 0 bridgehead atoms. The molecule has 3 rings (SSSR count). The van der Waals surface area contributed by atoms with Crippen molar-refractivity contribution in [3.63, 3.8) is 0 Å². The van der Waals surface area contributed by atoms with Crippen molar-refractivity contribution in [2.45, 2.75) is 34.2 Å². The molecule has 1 atom stereocenters. The molecule has 2 N–H and O–H groups in total. The number of carbonyl (C=O) groups excluding carboxylic acids is 1. The van der Waals surface area contributed by atoms with Crippen LogP contribution in [-0.2, 0) is 16.1 Å². The first kappa shape index (κ1) is 22.7. The third-order valence-corrected chi connectivity index (χ3v) is 5.91. The van der Waals surface area contributed by atoms with E-state index in [0.717, 1.165) is 43.8 Å². The molecule has 6 heteroatoms. The summed E-state index contributed by atoms with van der Waals surface area (Å²) in [6.45, 7) is 9.92. The average molecular weight is 424 g/mol. The number of amides is 1. The maximum atomic E-state index is 12.8. The number of fused-ring (bicyclic) bond motifs is 1. The number of nitrogens with one attached hydrogen (secondary N) is 2. The number of aryl methyl sites for hydroxylation is 3. The lowest BCUT2D eigenvalue weighted by atomic mass is 10.0. The second-order valence-electron chi connectivity index (χ2n) is 8.12. The van der Waals surface area contributed by atoms with Crippen LogP contribution in [0.1, 0.15) is 27.8 Å². The van der Waals surface area contributed by atoms with Crippen LogP contribution in [0.3, 0.4) is 0 Å². The molecule has 0 radical (unpaired) electrons. The molecule has 1 unspecified atom stereocenters. The lowest BCUT2D eigenvalue weighted by Gasteiger charge is -2.20. The Labute approximate surface area is 182 Å². The van der Waals surface area contributed by atoms with Gasteiger partial charge in [-0.1, -0.05) is 24.3 Å². The predicted octanol–water partition coefficient (Wildman–Crippen LogP) is 2.70. The van der Waals surface area contributed by atoms with E-state index in [1.165, 1.54) is 6.07 Å². The van der Waals surface area contributed by atoms with Gasteiger partial charge in [-0.2, -0.15) is 0 Å². The Kier molecular flexibility index (Phi) is 7.25. The lowest BCUT2D eigenvalue weighted by Crippen LogP contribution is -3.12. The highest BCUT2D eigenvalue weighted by Crippen LogP contribution is 2.23. The number of ether oxygens (including phenoxy) is 1. The average Bonchev–Trinajstić information content (AvgIpc) is 2.72. The Morgan fingerprint density at radius 1 is 1.06 bits per heavy atom. The van der Waals surface area contributed by atoms with Crippen molar-refractivity contribution in [2.75, 3.05) is 32.1 Å². The molecule has 0 aliphatic rings. The summed E-state index contributed by atoms with van der Waals surface area (Å²) in [4.78, 5) is 26.0. The first-order chi connectivity index (χ1) is 14.8. The smallest absolute Gasteiger partial charge is 0.336 e. The van der Waals surface area contributed by atoms with Crippen LogP contribution in [0.2, 0.25) is 0 Å². The van der Waals surface area contributed by atoms with Gasteiger partial charge >= 0.3 is 5.63 Å². The van der Waals surface area contributed by atoms with Gasteiger partial charge in [0.15, 0.2) is 6.54 Å². The third kappa shape index (κ3) is 5.40. The van der Waals surface area contributed by atoms with Crippen LogP contribution in [0, 0.1) is 27.7 Å². The second kappa shape index (κ2) is 9.90. The summed E-state index contributed by atoms with van der Waals surface area (Å²) in [7, 11) is 1.65. The maximum absolute atomic E-state index is 12.8. The van der Waals surface area contributed by atoms with Crippen molar-refractivity contribution in [1.29, 1.82) is 0 Å². The maximum Gasteiger partial charge on any atom is 0.336 e. The standard InChI is InChI=1S/C25H30N2O4/c1-16-7-6-8-22(18(16)3)26-23(28)15-27(11-12-30-5)14-20-13-24(29)31-25-19(4)17(2)9-10-21(20)25/h6-10,13H,11-12,14-15H2,1-5H3,(H,26,28)/p+1. The molecule has 0 spiro atoms. The zero-order chi connectivity index (χ0) is 22.5. The number of quaternary nitrogens is 1. The Balaban J connectivity index is 1.85. The Hall–Kier alpha value is -2.96. The summed E-state index contributed by atoms with van der Waals surface area (Å²) in [5.41, 5.74) is 6.18. The van der Waals surface area contributed by atoms with Gasteiger partial charge in [0, 0.05) is 29.8 Å². The zero-order valence-corrected chi connectivity index (χ0v) is 18.9. The van der Waals surface area contributed by atoms with Gasteiger partial charge in [0.1, 0.15) is 18.7 Å². The van der Waals surface area contributed by atoms with Crippen molar-refractivity contribution in [3.05, 3.63) is 74.6 Å². The summed E-state index contributed by atoms with van der Waals surface area (Å²) in [6.07, 6.45) is 0.